The topological polar surface area (TPSA) is 96.0 Å². The Balaban J connectivity index is 1.61. The third-order valence-corrected chi connectivity index (χ3v) is 6.41. The number of anilines is 2. The number of carbonyl (C=O) groups is 2. The number of ether oxygens (including phenoxy) is 1. The molecule has 1 fully saturated rings. The highest BCUT2D eigenvalue weighted by atomic mass is 35.5. The van der Waals surface area contributed by atoms with Crippen LogP contribution in [-0.4, -0.2) is 71.3 Å². The van der Waals surface area contributed by atoms with E-state index in [4.69, 9.17) is 16.3 Å². The summed E-state index contributed by atoms with van der Waals surface area (Å²) in [6.07, 6.45) is 1.02. The Morgan fingerprint density at radius 1 is 1.13 bits per heavy atom. The number of nitrogens with zero attached hydrogens (tertiary/aromatic N) is 2. The number of amides is 2. The lowest BCUT2D eigenvalue weighted by atomic mass is 10.2. The first-order valence-corrected chi connectivity index (χ1v) is 11.9. The van der Waals surface area contributed by atoms with Crippen molar-refractivity contribution in [2.24, 2.45) is 0 Å². The fourth-order valence-electron chi connectivity index (χ4n) is 3.21. The van der Waals surface area contributed by atoms with E-state index in [0.717, 1.165) is 25.0 Å². The fourth-order valence-corrected chi connectivity index (χ4v) is 4.51. The molecule has 0 saturated carbocycles. The van der Waals surface area contributed by atoms with Gasteiger partial charge >= 0.3 is 0 Å². The summed E-state index contributed by atoms with van der Waals surface area (Å²) in [7, 11) is -2.11. The molecule has 31 heavy (non-hydrogen) atoms. The zero-order chi connectivity index (χ0) is 22.6. The Morgan fingerprint density at radius 3 is 2.39 bits per heavy atom. The minimum absolute atomic E-state index is 0.0416. The molecule has 0 atom stereocenters. The van der Waals surface area contributed by atoms with Crippen LogP contribution in [0.4, 0.5) is 11.4 Å². The second-order valence-electron chi connectivity index (χ2n) is 7.27. The third kappa shape index (κ3) is 5.96. The quantitative estimate of drug-likeness (QED) is 0.703. The number of sulfone groups is 1. The van der Waals surface area contributed by atoms with E-state index in [1.807, 2.05) is 24.3 Å². The second-order valence-corrected chi connectivity index (χ2v) is 9.66. The molecule has 0 radical (unpaired) electrons. The highest BCUT2D eigenvalue weighted by molar-refractivity contribution is 7.90. The summed E-state index contributed by atoms with van der Waals surface area (Å²) in [6, 6.07) is 11.5. The number of rotatable bonds is 6. The molecule has 0 unspecified atom stereocenters. The number of hydrogen-bond donors (Lipinski definition) is 1. The molecule has 3 rings (SSSR count). The third-order valence-electron chi connectivity index (χ3n) is 4.83. The normalized spacial score (nSPS) is 14.2. The highest BCUT2D eigenvalue weighted by Gasteiger charge is 2.20. The summed E-state index contributed by atoms with van der Waals surface area (Å²) >= 11 is 5.92. The van der Waals surface area contributed by atoms with Crippen molar-refractivity contribution in [2.45, 2.75) is 4.90 Å². The van der Waals surface area contributed by atoms with Crippen LogP contribution in [0.15, 0.2) is 47.4 Å². The van der Waals surface area contributed by atoms with E-state index in [1.54, 1.807) is 0 Å². The van der Waals surface area contributed by atoms with E-state index in [0.29, 0.717) is 18.9 Å². The number of halogens is 1. The molecule has 0 bridgehead atoms. The van der Waals surface area contributed by atoms with Crippen LogP contribution >= 0.6 is 11.6 Å². The zero-order valence-electron chi connectivity index (χ0n) is 17.3. The first-order valence-electron chi connectivity index (χ1n) is 9.63. The van der Waals surface area contributed by atoms with Crippen molar-refractivity contribution in [2.75, 3.05) is 56.4 Å². The van der Waals surface area contributed by atoms with E-state index in [-0.39, 0.29) is 27.9 Å². The molecule has 1 aliphatic heterocycles. The van der Waals surface area contributed by atoms with Gasteiger partial charge in [-0.15, -0.1) is 0 Å². The number of nitrogens with one attached hydrogen (secondary N) is 1. The maximum atomic E-state index is 12.6. The Hall–Kier alpha value is -2.62. The molecule has 1 N–H and O–H groups in total. The molecule has 8 nitrogen and oxygen atoms in total. The molecule has 166 valence electrons. The average molecular weight is 466 g/mol. The van der Waals surface area contributed by atoms with Gasteiger partial charge < -0.3 is 19.9 Å². The first-order chi connectivity index (χ1) is 14.6. The molecule has 1 saturated heterocycles. The Bertz CT molecular complexity index is 1070. The van der Waals surface area contributed by atoms with Crippen molar-refractivity contribution in [3.8, 4) is 0 Å². The minimum atomic E-state index is -3.58. The fraction of sp³-hybridized carbons (Fsp3) is 0.333. The smallest absolute Gasteiger partial charge is 0.254 e. The second kappa shape index (κ2) is 9.67. The molecule has 10 heteroatoms. The van der Waals surface area contributed by atoms with Crippen LogP contribution < -0.4 is 10.2 Å². The number of carbonyl (C=O) groups excluding carboxylic acids is 2. The predicted octanol–water partition coefficient (Wildman–Crippen LogP) is 2.29. The van der Waals surface area contributed by atoms with Crippen molar-refractivity contribution in [1.29, 1.82) is 0 Å². The Morgan fingerprint density at radius 2 is 1.77 bits per heavy atom. The summed E-state index contributed by atoms with van der Waals surface area (Å²) in [4.78, 5) is 28.3. The number of benzene rings is 2. The molecular weight excluding hydrogens is 442 g/mol. The monoisotopic (exact) mass is 465 g/mol. The van der Waals surface area contributed by atoms with Crippen LogP contribution in [0.25, 0.3) is 0 Å². The zero-order valence-corrected chi connectivity index (χ0v) is 18.9. The molecule has 0 spiro atoms. The maximum Gasteiger partial charge on any atom is 0.254 e. The van der Waals surface area contributed by atoms with Gasteiger partial charge in [-0.05, 0) is 42.5 Å². The lowest BCUT2D eigenvalue weighted by molar-refractivity contribution is -0.116. The van der Waals surface area contributed by atoms with Crippen molar-refractivity contribution >= 4 is 44.6 Å². The summed E-state index contributed by atoms with van der Waals surface area (Å²) in [5.41, 5.74) is 1.81. The molecule has 0 aliphatic carbocycles. The van der Waals surface area contributed by atoms with E-state index < -0.39 is 15.7 Å². The first kappa shape index (κ1) is 23.1. The molecule has 1 heterocycles. The SMILES string of the molecule is CN(CC(=O)Nc1ccc(N2CCOCC2)cc1)C(=O)c1ccc(Cl)c(S(C)(=O)=O)c1. The number of hydrogen-bond acceptors (Lipinski definition) is 6. The van der Waals surface area contributed by atoms with Gasteiger partial charge in [0.15, 0.2) is 9.84 Å². The van der Waals surface area contributed by atoms with Crippen LogP contribution in [0.5, 0.6) is 0 Å². The van der Waals surface area contributed by atoms with Gasteiger partial charge in [0.05, 0.1) is 29.7 Å². The standard InChI is InChI=1S/C21H24ClN3O5S/c1-24(21(27)15-3-8-18(22)19(13-15)31(2,28)29)14-20(26)23-16-4-6-17(7-5-16)25-9-11-30-12-10-25/h3-8,13H,9-12,14H2,1-2H3,(H,23,26). The van der Waals surface area contributed by atoms with E-state index in [9.17, 15) is 18.0 Å². The van der Waals surface area contributed by atoms with Crippen molar-refractivity contribution in [1.82, 2.24) is 4.90 Å². The molecule has 0 aromatic heterocycles. The van der Waals surface area contributed by atoms with Crippen LogP contribution in [0.2, 0.25) is 5.02 Å². The van der Waals surface area contributed by atoms with Gasteiger partial charge in [0, 0.05) is 43.3 Å². The molecule has 2 aromatic carbocycles. The van der Waals surface area contributed by atoms with Crippen molar-refractivity contribution < 1.29 is 22.7 Å². The number of likely N-dealkylation sites (N-methyl/N-ethyl adjacent to an activating group) is 1. The summed E-state index contributed by atoms with van der Waals surface area (Å²) in [5.74, 6) is -0.855. The van der Waals surface area contributed by atoms with Crippen LogP contribution in [0.3, 0.4) is 0 Å². The largest absolute Gasteiger partial charge is 0.378 e. The van der Waals surface area contributed by atoms with Crippen molar-refractivity contribution in [3.63, 3.8) is 0 Å². The van der Waals surface area contributed by atoms with Gasteiger partial charge in [-0.3, -0.25) is 9.59 Å². The molecule has 2 amide bonds. The van der Waals surface area contributed by atoms with Crippen molar-refractivity contribution in [3.05, 3.63) is 53.1 Å². The van der Waals surface area contributed by atoms with Crippen LogP contribution in [0.1, 0.15) is 10.4 Å². The van der Waals surface area contributed by atoms with Gasteiger partial charge in [-0.25, -0.2) is 8.42 Å². The van der Waals surface area contributed by atoms with Gasteiger partial charge in [0.2, 0.25) is 5.91 Å². The van der Waals surface area contributed by atoms with E-state index >= 15 is 0 Å². The van der Waals surface area contributed by atoms with Gasteiger partial charge in [-0.2, -0.15) is 0 Å². The Labute approximate surface area is 186 Å². The highest BCUT2D eigenvalue weighted by Crippen LogP contribution is 2.23. The van der Waals surface area contributed by atoms with Crippen LogP contribution in [-0.2, 0) is 19.4 Å². The summed E-state index contributed by atoms with van der Waals surface area (Å²) in [5, 5.41) is 2.80. The minimum Gasteiger partial charge on any atom is -0.378 e. The maximum absolute atomic E-state index is 12.6. The molecular formula is C21H24ClN3O5S. The number of morpholine rings is 1. The summed E-state index contributed by atoms with van der Waals surface area (Å²) < 4.78 is 29.0. The van der Waals surface area contributed by atoms with E-state index in [2.05, 4.69) is 10.2 Å². The average Bonchev–Trinajstić information content (AvgIpc) is 2.74. The van der Waals surface area contributed by atoms with Gasteiger partial charge in [-0.1, -0.05) is 11.6 Å². The lowest BCUT2D eigenvalue weighted by Crippen LogP contribution is -2.36. The van der Waals surface area contributed by atoms with Gasteiger partial charge in [0.1, 0.15) is 0 Å². The summed E-state index contributed by atoms with van der Waals surface area (Å²) in [6.45, 7) is 2.84. The molecule has 2 aromatic rings. The van der Waals surface area contributed by atoms with Gasteiger partial charge in [0.25, 0.3) is 5.91 Å². The molecule has 1 aliphatic rings. The lowest BCUT2D eigenvalue weighted by Gasteiger charge is -2.28. The Kier molecular flexibility index (Phi) is 7.19. The van der Waals surface area contributed by atoms with E-state index in [1.165, 1.54) is 30.1 Å². The predicted molar refractivity (Wildman–Crippen MR) is 120 cm³/mol. The van der Waals surface area contributed by atoms with Crippen LogP contribution in [0, 0.1) is 0 Å².